The first-order valence-corrected chi connectivity index (χ1v) is 13.5. The third-order valence-electron chi connectivity index (χ3n) is 6.90. The van der Waals surface area contributed by atoms with Crippen molar-refractivity contribution in [1.82, 2.24) is 14.5 Å². The standard InChI is InChI=1S/C31H22ClN3O3S/c1-17-13-25-30(29(23(17)16-28(37)38)19-5-8-22(32)9-6-19)39-31(34-25)21-11-12-33-24(14-21)20-4-3-18-7-10-27(36)35(2)26(18)15-20/h3-15H,16H2,1-2H3,(H,37,38). The maximum absolute atomic E-state index is 12.2. The topological polar surface area (TPSA) is 85.1 Å². The van der Waals surface area contributed by atoms with E-state index in [-0.39, 0.29) is 12.0 Å². The SMILES string of the molecule is Cc1cc2nc(-c3ccnc(-c4ccc5ccc(=O)n(C)c5c4)c3)sc2c(-c2ccc(Cl)cc2)c1CC(=O)O. The van der Waals surface area contributed by atoms with Gasteiger partial charge in [-0.2, -0.15) is 0 Å². The summed E-state index contributed by atoms with van der Waals surface area (Å²) in [5, 5.41) is 12.0. The first-order valence-electron chi connectivity index (χ1n) is 12.3. The van der Waals surface area contributed by atoms with Crippen molar-refractivity contribution in [2.24, 2.45) is 7.05 Å². The van der Waals surface area contributed by atoms with E-state index in [9.17, 15) is 14.7 Å². The lowest BCUT2D eigenvalue weighted by Gasteiger charge is -2.13. The van der Waals surface area contributed by atoms with Gasteiger partial charge in [-0.05, 0) is 71.5 Å². The number of aryl methyl sites for hydroxylation is 2. The van der Waals surface area contributed by atoms with Crippen molar-refractivity contribution in [1.29, 1.82) is 0 Å². The van der Waals surface area contributed by atoms with Crippen molar-refractivity contribution < 1.29 is 9.90 Å². The highest BCUT2D eigenvalue weighted by Gasteiger charge is 2.20. The molecule has 6 aromatic rings. The third-order valence-corrected chi connectivity index (χ3v) is 8.29. The fourth-order valence-corrected chi connectivity index (χ4v) is 6.17. The first kappa shape index (κ1) is 25.0. The number of rotatable bonds is 5. The molecule has 0 unspecified atom stereocenters. The van der Waals surface area contributed by atoms with Crippen LogP contribution in [0.2, 0.25) is 5.02 Å². The van der Waals surface area contributed by atoms with Gasteiger partial charge in [-0.15, -0.1) is 11.3 Å². The fourth-order valence-electron chi connectivity index (χ4n) is 4.91. The van der Waals surface area contributed by atoms with Gasteiger partial charge in [0.05, 0.1) is 27.8 Å². The highest BCUT2D eigenvalue weighted by molar-refractivity contribution is 7.22. The Labute approximate surface area is 232 Å². The molecule has 8 heteroatoms. The molecule has 0 fully saturated rings. The first-order chi connectivity index (χ1) is 18.8. The zero-order valence-electron chi connectivity index (χ0n) is 21.1. The van der Waals surface area contributed by atoms with Crippen molar-refractivity contribution in [3.63, 3.8) is 0 Å². The molecule has 0 aliphatic heterocycles. The summed E-state index contributed by atoms with van der Waals surface area (Å²) in [4.78, 5) is 33.5. The van der Waals surface area contributed by atoms with Crippen LogP contribution in [0.25, 0.3) is 54.1 Å². The van der Waals surface area contributed by atoms with E-state index in [2.05, 4.69) is 4.98 Å². The van der Waals surface area contributed by atoms with Gasteiger partial charge in [-0.1, -0.05) is 35.9 Å². The van der Waals surface area contributed by atoms with Crippen LogP contribution in [0.15, 0.2) is 83.8 Å². The summed E-state index contributed by atoms with van der Waals surface area (Å²) < 4.78 is 2.55. The summed E-state index contributed by atoms with van der Waals surface area (Å²) >= 11 is 7.67. The van der Waals surface area contributed by atoms with Gasteiger partial charge < -0.3 is 9.67 Å². The number of halogens is 1. The lowest BCUT2D eigenvalue weighted by Crippen LogP contribution is -2.14. The molecule has 39 heavy (non-hydrogen) atoms. The molecule has 0 saturated carbocycles. The molecule has 6 nitrogen and oxygen atoms in total. The highest BCUT2D eigenvalue weighted by atomic mass is 35.5. The number of hydrogen-bond donors (Lipinski definition) is 1. The van der Waals surface area contributed by atoms with E-state index in [1.807, 2.05) is 73.7 Å². The Morgan fingerprint density at radius 1 is 0.974 bits per heavy atom. The summed E-state index contributed by atoms with van der Waals surface area (Å²) in [6, 6.07) is 22.7. The number of thiazole rings is 1. The third kappa shape index (κ3) is 4.60. The van der Waals surface area contributed by atoms with E-state index in [0.29, 0.717) is 5.02 Å². The quantitative estimate of drug-likeness (QED) is 0.246. The highest BCUT2D eigenvalue weighted by Crippen LogP contribution is 2.41. The lowest BCUT2D eigenvalue weighted by molar-refractivity contribution is -0.136. The van der Waals surface area contributed by atoms with Crippen LogP contribution in [0.4, 0.5) is 0 Å². The molecule has 3 aromatic heterocycles. The predicted octanol–water partition coefficient (Wildman–Crippen LogP) is 7.13. The molecule has 0 atom stereocenters. The average Bonchev–Trinajstić information content (AvgIpc) is 3.35. The number of carboxylic acids is 1. The number of carboxylic acid groups (broad SMARTS) is 1. The zero-order valence-corrected chi connectivity index (χ0v) is 22.7. The van der Waals surface area contributed by atoms with E-state index in [1.165, 1.54) is 11.3 Å². The van der Waals surface area contributed by atoms with Crippen molar-refractivity contribution in [2.75, 3.05) is 0 Å². The Morgan fingerprint density at radius 3 is 2.49 bits per heavy atom. The van der Waals surface area contributed by atoms with Gasteiger partial charge in [0.2, 0.25) is 0 Å². The molecule has 0 aliphatic carbocycles. The molecule has 1 N–H and O–H groups in total. The second kappa shape index (κ2) is 9.76. The zero-order chi connectivity index (χ0) is 27.3. The molecule has 0 amide bonds. The summed E-state index contributed by atoms with van der Waals surface area (Å²) in [5.74, 6) is -0.885. The molecule has 3 aromatic carbocycles. The molecule has 0 aliphatic rings. The maximum Gasteiger partial charge on any atom is 0.307 e. The predicted molar refractivity (Wildman–Crippen MR) is 158 cm³/mol. The number of aromatic nitrogens is 3. The van der Waals surface area contributed by atoms with E-state index in [1.54, 1.807) is 23.9 Å². The molecular weight excluding hydrogens is 530 g/mol. The smallest absolute Gasteiger partial charge is 0.307 e. The Hall–Kier alpha value is -4.33. The van der Waals surface area contributed by atoms with Crippen molar-refractivity contribution >= 4 is 50.0 Å². The largest absolute Gasteiger partial charge is 0.481 e. The van der Waals surface area contributed by atoms with Gasteiger partial charge in [0.1, 0.15) is 5.01 Å². The van der Waals surface area contributed by atoms with Crippen LogP contribution in [0.1, 0.15) is 11.1 Å². The van der Waals surface area contributed by atoms with Crippen LogP contribution in [0.3, 0.4) is 0 Å². The van der Waals surface area contributed by atoms with Crippen molar-refractivity contribution in [2.45, 2.75) is 13.3 Å². The number of fused-ring (bicyclic) bond motifs is 2. The number of nitrogens with zero attached hydrogens (tertiary/aromatic N) is 3. The molecule has 0 bridgehead atoms. The normalized spacial score (nSPS) is 11.4. The Morgan fingerprint density at radius 2 is 1.72 bits per heavy atom. The van der Waals surface area contributed by atoms with Gasteiger partial charge in [0, 0.05) is 41.0 Å². The van der Waals surface area contributed by atoms with Crippen LogP contribution >= 0.6 is 22.9 Å². The molecule has 3 heterocycles. The lowest BCUT2D eigenvalue weighted by atomic mass is 9.93. The van der Waals surface area contributed by atoms with Gasteiger partial charge >= 0.3 is 5.97 Å². The monoisotopic (exact) mass is 551 g/mol. The molecule has 192 valence electrons. The number of pyridine rings is 2. The van der Waals surface area contributed by atoms with Crippen LogP contribution in [0, 0.1) is 6.92 Å². The minimum absolute atomic E-state index is 0.0649. The van der Waals surface area contributed by atoms with Crippen LogP contribution in [-0.2, 0) is 18.3 Å². The fraction of sp³-hybridized carbons (Fsp3) is 0.0968. The van der Waals surface area contributed by atoms with Crippen LogP contribution < -0.4 is 5.56 Å². The molecule has 0 radical (unpaired) electrons. The molecule has 0 saturated heterocycles. The minimum atomic E-state index is -0.885. The van der Waals surface area contributed by atoms with E-state index >= 15 is 0 Å². The van der Waals surface area contributed by atoms with E-state index in [4.69, 9.17) is 16.6 Å². The van der Waals surface area contributed by atoms with E-state index < -0.39 is 5.97 Å². The minimum Gasteiger partial charge on any atom is -0.481 e. The van der Waals surface area contributed by atoms with Gasteiger partial charge in [-0.25, -0.2) is 4.98 Å². The van der Waals surface area contributed by atoms with Crippen LogP contribution in [-0.4, -0.2) is 25.6 Å². The molecule has 0 spiro atoms. The van der Waals surface area contributed by atoms with E-state index in [0.717, 1.165) is 65.2 Å². The van der Waals surface area contributed by atoms with Crippen LogP contribution in [0.5, 0.6) is 0 Å². The average molecular weight is 552 g/mol. The summed E-state index contributed by atoms with van der Waals surface area (Å²) in [6.45, 7) is 1.92. The second-order valence-corrected chi connectivity index (χ2v) is 10.9. The number of aliphatic carboxylic acids is 1. The van der Waals surface area contributed by atoms with Crippen molar-refractivity contribution in [3.05, 3.63) is 105 Å². The Balaban J connectivity index is 1.50. The Bertz CT molecular complexity index is 1980. The summed E-state index contributed by atoms with van der Waals surface area (Å²) in [7, 11) is 1.76. The number of hydrogen-bond acceptors (Lipinski definition) is 5. The number of carbonyl (C=O) groups is 1. The summed E-state index contributed by atoms with van der Waals surface area (Å²) in [5.41, 5.74) is 7.57. The summed E-state index contributed by atoms with van der Waals surface area (Å²) in [6.07, 6.45) is 1.67. The van der Waals surface area contributed by atoms with Gasteiger partial charge in [0.25, 0.3) is 5.56 Å². The van der Waals surface area contributed by atoms with Gasteiger partial charge in [-0.3, -0.25) is 14.6 Å². The number of benzene rings is 3. The Kier molecular flexibility index (Phi) is 6.25. The van der Waals surface area contributed by atoms with Crippen molar-refractivity contribution in [3.8, 4) is 33.0 Å². The van der Waals surface area contributed by atoms with Gasteiger partial charge in [0.15, 0.2) is 0 Å². The second-order valence-electron chi connectivity index (χ2n) is 9.43. The molecule has 6 rings (SSSR count). The maximum atomic E-state index is 12.2. The molecular formula is C31H22ClN3O3S.